The first-order valence-corrected chi connectivity index (χ1v) is 11.2. The third-order valence-corrected chi connectivity index (χ3v) is 6.21. The van der Waals surface area contributed by atoms with Gasteiger partial charge in [0.25, 0.3) is 5.91 Å². The number of carbonyl (C=O) groups excluding carboxylic acids is 1. The third kappa shape index (κ3) is 4.66. The Kier molecular flexibility index (Phi) is 5.97. The smallest absolute Gasteiger partial charge is 0.257 e. The van der Waals surface area contributed by atoms with Crippen LogP contribution in [-0.4, -0.2) is 28.9 Å². The SMILES string of the molecule is Cc1nn2cccnc2c1C(=O)NCc1cccc(S(=O)(=O)NCc2cccc(F)c2)c1. The summed E-state index contributed by atoms with van der Waals surface area (Å²) in [4.78, 5) is 17.0. The van der Waals surface area contributed by atoms with Gasteiger partial charge in [-0.15, -0.1) is 0 Å². The second kappa shape index (κ2) is 8.85. The lowest BCUT2D eigenvalue weighted by atomic mass is 10.2. The first-order chi connectivity index (χ1) is 15.3. The topological polar surface area (TPSA) is 105 Å². The molecule has 0 radical (unpaired) electrons. The molecule has 10 heteroatoms. The van der Waals surface area contributed by atoms with Gasteiger partial charge >= 0.3 is 0 Å². The highest BCUT2D eigenvalue weighted by Gasteiger charge is 2.18. The van der Waals surface area contributed by atoms with Crippen LogP contribution in [0.2, 0.25) is 0 Å². The zero-order chi connectivity index (χ0) is 22.7. The number of benzene rings is 2. The van der Waals surface area contributed by atoms with E-state index >= 15 is 0 Å². The minimum Gasteiger partial charge on any atom is -0.348 e. The predicted octanol–water partition coefficient (Wildman–Crippen LogP) is 2.59. The number of aryl methyl sites for hydroxylation is 1. The molecule has 4 aromatic rings. The lowest BCUT2D eigenvalue weighted by molar-refractivity contribution is 0.0951. The van der Waals surface area contributed by atoms with E-state index in [1.165, 1.54) is 34.8 Å². The summed E-state index contributed by atoms with van der Waals surface area (Å²) in [5.41, 5.74) is 2.47. The van der Waals surface area contributed by atoms with Gasteiger partial charge in [-0.2, -0.15) is 5.10 Å². The van der Waals surface area contributed by atoms with Crippen molar-refractivity contribution in [1.82, 2.24) is 24.6 Å². The van der Waals surface area contributed by atoms with E-state index in [1.807, 2.05) is 0 Å². The molecule has 8 nitrogen and oxygen atoms in total. The Labute approximate surface area is 184 Å². The Hall–Kier alpha value is -3.63. The van der Waals surface area contributed by atoms with Crippen molar-refractivity contribution in [2.24, 2.45) is 0 Å². The van der Waals surface area contributed by atoms with Crippen molar-refractivity contribution < 1.29 is 17.6 Å². The van der Waals surface area contributed by atoms with Gasteiger partial charge in [0.15, 0.2) is 5.65 Å². The van der Waals surface area contributed by atoms with E-state index in [0.29, 0.717) is 28.0 Å². The van der Waals surface area contributed by atoms with E-state index in [0.717, 1.165) is 0 Å². The van der Waals surface area contributed by atoms with E-state index in [1.54, 1.807) is 43.6 Å². The molecule has 2 aromatic carbocycles. The Morgan fingerprint density at radius 1 is 1.06 bits per heavy atom. The number of hydrogen-bond donors (Lipinski definition) is 2. The van der Waals surface area contributed by atoms with E-state index in [2.05, 4.69) is 20.1 Å². The quantitative estimate of drug-likeness (QED) is 0.448. The first-order valence-electron chi connectivity index (χ1n) is 9.75. The Bertz CT molecular complexity index is 1400. The summed E-state index contributed by atoms with van der Waals surface area (Å²) < 4.78 is 42.6. The number of nitrogens with zero attached hydrogens (tertiary/aromatic N) is 3. The standard InChI is InChI=1S/C22H20FN5O3S/c1-15-20(21-24-9-4-10-28(21)27-15)22(29)25-13-17-6-3-8-19(12-17)32(30,31)26-14-16-5-2-7-18(23)11-16/h2-12,26H,13-14H2,1H3,(H,25,29). The van der Waals surface area contributed by atoms with Crippen molar-refractivity contribution >= 4 is 21.6 Å². The number of fused-ring (bicyclic) bond motifs is 1. The number of sulfonamides is 1. The molecule has 1 amide bonds. The van der Waals surface area contributed by atoms with Gasteiger partial charge < -0.3 is 5.32 Å². The molecule has 0 bridgehead atoms. The zero-order valence-electron chi connectivity index (χ0n) is 17.1. The van der Waals surface area contributed by atoms with Crippen molar-refractivity contribution in [1.29, 1.82) is 0 Å². The number of hydrogen-bond acceptors (Lipinski definition) is 5. The molecule has 0 saturated heterocycles. The Balaban J connectivity index is 1.45. The number of aromatic nitrogens is 3. The van der Waals surface area contributed by atoms with Crippen LogP contribution in [0.3, 0.4) is 0 Å². The normalized spacial score (nSPS) is 11.6. The van der Waals surface area contributed by atoms with Crippen molar-refractivity contribution in [3.05, 3.63) is 95.2 Å². The van der Waals surface area contributed by atoms with Gasteiger partial charge in [0.05, 0.1) is 10.6 Å². The average molecular weight is 453 g/mol. The second-order valence-corrected chi connectivity index (χ2v) is 8.90. The monoisotopic (exact) mass is 453 g/mol. The molecule has 0 saturated carbocycles. The van der Waals surface area contributed by atoms with Gasteiger partial charge in [-0.1, -0.05) is 24.3 Å². The van der Waals surface area contributed by atoms with Crippen LogP contribution in [0, 0.1) is 12.7 Å². The summed E-state index contributed by atoms with van der Waals surface area (Å²) in [5.74, 6) is -0.787. The number of nitrogens with one attached hydrogen (secondary N) is 2. The van der Waals surface area contributed by atoms with Crippen molar-refractivity contribution in [2.45, 2.75) is 24.9 Å². The molecule has 0 fully saturated rings. The highest BCUT2D eigenvalue weighted by Crippen LogP contribution is 2.15. The van der Waals surface area contributed by atoms with Gasteiger partial charge in [-0.25, -0.2) is 27.0 Å². The summed E-state index contributed by atoms with van der Waals surface area (Å²) in [6, 6.07) is 13.7. The van der Waals surface area contributed by atoms with Crippen LogP contribution in [0.4, 0.5) is 4.39 Å². The largest absolute Gasteiger partial charge is 0.348 e. The number of amides is 1. The molecule has 0 atom stereocenters. The maximum absolute atomic E-state index is 13.3. The molecule has 4 rings (SSSR count). The number of rotatable bonds is 7. The van der Waals surface area contributed by atoms with Crippen LogP contribution in [0.15, 0.2) is 71.9 Å². The van der Waals surface area contributed by atoms with Gasteiger partial charge in [-0.3, -0.25) is 4.79 Å². The average Bonchev–Trinajstić information content (AvgIpc) is 3.12. The lowest BCUT2D eigenvalue weighted by Gasteiger charge is -2.10. The number of halogens is 1. The van der Waals surface area contributed by atoms with Gasteiger partial charge in [-0.05, 0) is 48.4 Å². The molecule has 2 aromatic heterocycles. The summed E-state index contributed by atoms with van der Waals surface area (Å²) in [7, 11) is -3.82. The van der Waals surface area contributed by atoms with E-state index < -0.39 is 15.8 Å². The Morgan fingerprint density at radius 2 is 1.81 bits per heavy atom. The van der Waals surface area contributed by atoms with Crippen molar-refractivity contribution in [3.8, 4) is 0 Å². The maximum Gasteiger partial charge on any atom is 0.257 e. The maximum atomic E-state index is 13.3. The molecule has 0 aliphatic carbocycles. The zero-order valence-corrected chi connectivity index (χ0v) is 17.9. The molecule has 32 heavy (non-hydrogen) atoms. The van der Waals surface area contributed by atoms with Crippen LogP contribution in [0.5, 0.6) is 0 Å². The summed E-state index contributed by atoms with van der Waals surface area (Å²) in [6.07, 6.45) is 3.29. The second-order valence-electron chi connectivity index (χ2n) is 7.13. The van der Waals surface area contributed by atoms with Gasteiger partial charge in [0, 0.05) is 25.5 Å². The molecule has 2 heterocycles. The molecule has 0 aliphatic rings. The minimum atomic E-state index is -3.82. The molecular weight excluding hydrogens is 433 g/mol. The van der Waals surface area contributed by atoms with Crippen LogP contribution in [-0.2, 0) is 23.1 Å². The minimum absolute atomic E-state index is 0.0396. The van der Waals surface area contributed by atoms with E-state index in [9.17, 15) is 17.6 Å². The predicted molar refractivity (Wildman–Crippen MR) is 116 cm³/mol. The van der Waals surface area contributed by atoms with Crippen LogP contribution in [0.1, 0.15) is 27.2 Å². The van der Waals surface area contributed by atoms with E-state index in [4.69, 9.17) is 0 Å². The fraction of sp³-hybridized carbons (Fsp3) is 0.136. The molecule has 0 spiro atoms. The highest BCUT2D eigenvalue weighted by molar-refractivity contribution is 7.89. The molecule has 0 aliphatic heterocycles. The summed E-state index contributed by atoms with van der Waals surface area (Å²) in [6.45, 7) is 1.80. The van der Waals surface area contributed by atoms with Gasteiger partial charge in [0.2, 0.25) is 10.0 Å². The summed E-state index contributed by atoms with van der Waals surface area (Å²) in [5, 5.41) is 7.06. The van der Waals surface area contributed by atoms with Crippen LogP contribution in [0.25, 0.3) is 5.65 Å². The number of carbonyl (C=O) groups is 1. The third-order valence-electron chi connectivity index (χ3n) is 4.81. The lowest BCUT2D eigenvalue weighted by Crippen LogP contribution is -2.25. The molecule has 164 valence electrons. The molecular formula is C22H20FN5O3S. The first kappa shape index (κ1) is 21.6. The fourth-order valence-electron chi connectivity index (χ4n) is 3.26. The molecule has 2 N–H and O–H groups in total. The van der Waals surface area contributed by atoms with Gasteiger partial charge in [0.1, 0.15) is 11.4 Å². The summed E-state index contributed by atoms with van der Waals surface area (Å²) >= 11 is 0. The fourth-order valence-corrected chi connectivity index (χ4v) is 4.35. The van der Waals surface area contributed by atoms with E-state index in [-0.39, 0.29) is 23.9 Å². The van der Waals surface area contributed by atoms with Crippen LogP contribution >= 0.6 is 0 Å². The Morgan fingerprint density at radius 3 is 2.59 bits per heavy atom. The highest BCUT2D eigenvalue weighted by atomic mass is 32.2. The van der Waals surface area contributed by atoms with Crippen LogP contribution < -0.4 is 10.0 Å². The van der Waals surface area contributed by atoms with Crippen molar-refractivity contribution in [3.63, 3.8) is 0 Å². The molecule has 0 unspecified atom stereocenters. The van der Waals surface area contributed by atoms with Crippen molar-refractivity contribution in [2.75, 3.05) is 0 Å².